The summed E-state index contributed by atoms with van der Waals surface area (Å²) in [6, 6.07) is 27.7. The second-order valence-corrected chi connectivity index (χ2v) is 15.3. The van der Waals surface area contributed by atoms with E-state index in [0.29, 0.717) is 5.56 Å². The van der Waals surface area contributed by atoms with Crippen molar-refractivity contribution < 1.29 is 52.9 Å². The average Bonchev–Trinajstić information content (AvgIpc) is 3.41. The first kappa shape index (κ1) is 40.2. The minimum Gasteiger partial charge on any atom is -0.479 e. The maximum Gasteiger partial charge on any atom is 0.514 e. The highest BCUT2D eigenvalue weighted by Gasteiger charge is 2.73. The van der Waals surface area contributed by atoms with Crippen molar-refractivity contribution in [1.82, 2.24) is 15.5 Å². The van der Waals surface area contributed by atoms with Gasteiger partial charge in [0.15, 0.2) is 11.6 Å². The number of carbonyl (C=O) groups is 5. The molecule has 2 heterocycles. The Morgan fingerprint density at radius 3 is 2.07 bits per heavy atom. The van der Waals surface area contributed by atoms with Gasteiger partial charge in [0.25, 0.3) is 11.6 Å². The number of carboxylic acid groups (broad SMARTS) is 1. The zero-order valence-corrected chi connectivity index (χ0v) is 31.5. The van der Waals surface area contributed by atoms with E-state index in [1.165, 1.54) is 65.2 Å². The van der Waals surface area contributed by atoms with Gasteiger partial charge in [-0.25, -0.2) is 14.4 Å². The third kappa shape index (κ3) is 8.84. The molecule has 3 N–H and O–H groups in total. The molecule has 16 nitrogen and oxygen atoms in total. The number of nitro benzene ring substituents is 1. The van der Waals surface area contributed by atoms with Gasteiger partial charge < -0.3 is 39.6 Å². The molecule has 0 radical (unpaired) electrons. The van der Waals surface area contributed by atoms with Gasteiger partial charge in [0.05, 0.1) is 4.92 Å². The maximum absolute atomic E-state index is 13.6. The molecule has 4 aromatic rings. The first-order valence-corrected chi connectivity index (χ1v) is 18.5. The van der Waals surface area contributed by atoms with E-state index in [2.05, 4.69) is 10.6 Å². The summed E-state index contributed by atoms with van der Waals surface area (Å²) in [6.07, 6.45) is -2.93. The Morgan fingerprint density at radius 2 is 1.46 bits per heavy atom. The zero-order valence-electron chi connectivity index (χ0n) is 30.7. The number of hydrogen-bond donors (Lipinski definition) is 3. The molecule has 17 heteroatoms. The lowest BCUT2D eigenvalue weighted by Gasteiger charge is -2.49. The Morgan fingerprint density at radius 1 is 0.860 bits per heavy atom. The van der Waals surface area contributed by atoms with E-state index in [0.717, 1.165) is 11.1 Å². The number of carbonyl (C=O) groups excluding carboxylic acids is 4. The molecule has 1 unspecified atom stereocenters. The van der Waals surface area contributed by atoms with Crippen LogP contribution in [0.2, 0.25) is 0 Å². The van der Waals surface area contributed by atoms with Crippen molar-refractivity contribution in [2.45, 2.75) is 61.3 Å². The lowest BCUT2D eigenvalue weighted by atomic mass is 9.76. The van der Waals surface area contributed by atoms with Crippen molar-refractivity contribution in [2.24, 2.45) is 0 Å². The zero-order chi connectivity index (χ0) is 40.7. The molecular formula is C40H38N4O12S. The lowest BCUT2D eigenvalue weighted by molar-refractivity contribution is -0.384. The average molecular weight is 799 g/mol. The topological polar surface area (TPSA) is 213 Å². The number of rotatable bonds is 15. The Bertz CT molecular complexity index is 2120. The Hall–Kier alpha value is -6.46. The lowest BCUT2D eigenvalue weighted by Crippen LogP contribution is -2.73. The third-order valence-electron chi connectivity index (χ3n) is 9.64. The molecule has 2 fully saturated rings. The second kappa shape index (κ2) is 17.1. The molecule has 0 aromatic heterocycles. The molecule has 2 aliphatic rings. The Balaban J connectivity index is 1.10. The van der Waals surface area contributed by atoms with Gasteiger partial charge in [0.1, 0.15) is 37.1 Å². The van der Waals surface area contributed by atoms with E-state index < -0.39 is 69.5 Å². The van der Waals surface area contributed by atoms with Crippen LogP contribution in [-0.2, 0) is 48.2 Å². The fourth-order valence-corrected chi connectivity index (χ4v) is 8.39. The normalized spacial score (nSPS) is 19.6. The second-order valence-electron chi connectivity index (χ2n) is 13.6. The van der Waals surface area contributed by atoms with Crippen molar-refractivity contribution >= 4 is 47.5 Å². The summed E-state index contributed by atoms with van der Waals surface area (Å²) in [4.78, 5) is 77.1. The first-order valence-electron chi connectivity index (χ1n) is 17.6. The van der Waals surface area contributed by atoms with Crippen LogP contribution in [0.5, 0.6) is 5.75 Å². The van der Waals surface area contributed by atoms with E-state index >= 15 is 0 Å². The number of non-ortho nitro benzene ring substituents is 1. The van der Waals surface area contributed by atoms with Crippen LogP contribution >= 0.6 is 11.8 Å². The molecule has 0 aliphatic carbocycles. The van der Waals surface area contributed by atoms with Crippen molar-refractivity contribution in [3.63, 3.8) is 0 Å². The van der Waals surface area contributed by atoms with Gasteiger partial charge in [-0.15, -0.1) is 11.8 Å². The van der Waals surface area contributed by atoms with Gasteiger partial charge in [-0.1, -0.05) is 72.8 Å². The van der Waals surface area contributed by atoms with Crippen molar-refractivity contribution in [1.29, 1.82) is 0 Å². The third-order valence-corrected chi connectivity index (χ3v) is 11.3. The van der Waals surface area contributed by atoms with Crippen molar-refractivity contribution in [2.75, 3.05) is 6.73 Å². The van der Waals surface area contributed by atoms with Gasteiger partial charge in [0, 0.05) is 23.3 Å². The van der Waals surface area contributed by atoms with Gasteiger partial charge in [-0.05, 0) is 60.4 Å². The molecule has 2 aliphatic heterocycles. The number of nitrogens with zero attached hydrogens (tertiary/aromatic N) is 2. The summed E-state index contributed by atoms with van der Waals surface area (Å²) in [5.41, 5.74) is 0.521. The molecule has 0 spiro atoms. The number of fused-ring (bicyclic) bond motifs is 1. The fraction of sp³-hybridized carbons (Fsp3) is 0.275. The molecule has 2 saturated heterocycles. The highest BCUT2D eigenvalue weighted by Crippen LogP contribution is 2.58. The van der Waals surface area contributed by atoms with Crippen molar-refractivity contribution in [3.8, 4) is 5.75 Å². The number of nitro groups is 1. The van der Waals surface area contributed by atoms with E-state index in [4.69, 9.17) is 18.9 Å². The molecule has 4 atom stereocenters. The van der Waals surface area contributed by atoms with Crippen LogP contribution < -0.4 is 15.4 Å². The number of β-lactam (4-membered cyclic amide) rings is 1. The quantitative estimate of drug-likeness (QED) is 0.0339. The monoisotopic (exact) mass is 798 g/mol. The molecule has 6 rings (SSSR count). The van der Waals surface area contributed by atoms with Crippen molar-refractivity contribution in [3.05, 3.63) is 142 Å². The minimum atomic E-state index is -1.55. The predicted molar refractivity (Wildman–Crippen MR) is 204 cm³/mol. The number of nitrogens with one attached hydrogen (secondary N) is 2. The fourth-order valence-electron chi connectivity index (χ4n) is 6.62. The molecule has 0 saturated carbocycles. The first-order chi connectivity index (χ1) is 27.3. The standard InChI is InChI=1S/C40H38N4O12S/c1-39(2)40(36(47)48,21-25-9-5-3-6-10-25)43-34(46)32(35(43)57-39)55-24-41-33(45)31(42-37(49)53-22-27-13-17-29(18-14-27)44(51)52)28-15-19-30(20-16-28)56-38(50)54-23-26-11-7-4-8-12-26/h3-20,31-32,35H,21-24H2,1-2H3,(H,41,45)(H,42,49)(H,47,48)/t31?,32-,35-,40+/m1/s1. The summed E-state index contributed by atoms with van der Waals surface area (Å²) in [5, 5.41) is 25.9. The molecule has 0 bridgehead atoms. The van der Waals surface area contributed by atoms with Crippen LogP contribution in [-0.4, -0.2) is 73.5 Å². The summed E-state index contributed by atoms with van der Waals surface area (Å²) in [7, 11) is 0. The van der Waals surface area contributed by atoms with Crippen LogP contribution in [0.3, 0.4) is 0 Å². The van der Waals surface area contributed by atoms with E-state index in [1.807, 2.05) is 24.3 Å². The SMILES string of the molecule is CC1(C)S[C@@H]2[C@H](OCNC(=O)C(NC(=O)OCc3ccc([N+](=O)[O-])cc3)c3ccc(OC(=O)OCc4ccccc4)cc3)C(=O)N2[C@@]1(Cc1ccccc1)C(=O)O. The van der Waals surface area contributed by atoms with Crippen LogP contribution in [0.1, 0.15) is 42.1 Å². The molecule has 57 heavy (non-hydrogen) atoms. The van der Waals surface area contributed by atoms with Crippen LogP contribution in [0, 0.1) is 10.1 Å². The number of aliphatic carboxylic acids is 1. The maximum atomic E-state index is 13.6. The minimum absolute atomic E-state index is 0.0101. The van der Waals surface area contributed by atoms with Gasteiger partial charge in [-0.2, -0.15) is 0 Å². The van der Waals surface area contributed by atoms with E-state index in [9.17, 15) is 39.2 Å². The van der Waals surface area contributed by atoms with Gasteiger partial charge in [-0.3, -0.25) is 19.7 Å². The molecule has 4 aromatic carbocycles. The number of alkyl carbamates (subject to hydrolysis) is 1. The molecule has 296 valence electrons. The largest absolute Gasteiger partial charge is 0.514 e. The van der Waals surface area contributed by atoms with Gasteiger partial charge in [0.2, 0.25) is 5.91 Å². The van der Waals surface area contributed by atoms with Gasteiger partial charge >= 0.3 is 18.2 Å². The highest BCUT2D eigenvalue weighted by atomic mass is 32.2. The smallest absolute Gasteiger partial charge is 0.479 e. The number of benzene rings is 4. The number of thioether (sulfide) groups is 1. The van der Waals surface area contributed by atoms with Crippen LogP contribution in [0.4, 0.5) is 15.3 Å². The number of amides is 3. The van der Waals surface area contributed by atoms with E-state index in [-0.39, 0.29) is 36.6 Å². The van der Waals surface area contributed by atoms with Crippen LogP contribution in [0.15, 0.2) is 109 Å². The Kier molecular flexibility index (Phi) is 12.1. The molecular weight excluding hydrogens is 761 g/mol. The predicted octanol–water partition coefficient (Wildman–Crippen LogP) is 5.50. The molecule has 3 amide bonds. The van der Waals surface area contributed by atoms with E-state index in [1.54, 1.807) is 50.2 Å². The summed E-state index contributed by atoms with van der Waals surface area (Å²) in [6.45, 7) is 2.81. The Labute approximate surface area is 330 Å². The summed E-state index contributed by atoms with van der Waals surface area (Å²) >= 11 is 1.30. The van der Waals surface area contributed by atoms with Crippen LogP contribution in [0.25, 0.3) is 0 Å². The number of ether oxygens (including phenoxy) is 4. The summed E-state index contributed by atoms with van der Waals surface area (Å²) < 4.78 is 20.6. The number of carboxylic acids is 1. The number of hydrogen-bond acceptors (Lipinski definition) is 12. The highest BCUT2D eigenvalue weighted by molar-refractivity contribution is 8.01. The summed E-state index contributed by atoms with van der Waals surface area (Å²) in [5.74, 6) is -2.34.